The summed E-state index contributed by atoms with van der Waals surface area (Å²) in [6.07, 6.45) is 0. The lowest BCUT2D eigenvalue weighted by atomic mass is 10.1. The smallest absolute Gasteiger partial charge is 0.236 e. The zero-order chi connectivity index (χ0) is 14.1. The van der Waals surface area contributed by atoms with Crippen LogP contribution >= 0.6 is 23.7 Å². The molecular formula is C15H22ClN3OS. The normalized spacial score (nSPS) is 23.0. The second-order valence-electron chi connectivity index (χ2n) is 5.66. The van der Waals surface area contributed by atoms with Crippen molar-refractivity contribution in [2.24, 2.45) is 0 Å². The second-order valence-corrected chi connectivity index (χ2v) is 6.61. The van der Waals surface area contributed by atoms with Crippen LogP contribution in [0, 0.1) is 6.92 Å². The molecule has 0 aromatic carbocycles. The molecule has 0 saturated carbocycles. The molecule has 1 N–H and O–H groups in total. The highest BCUT2D eigenvalue weighted by atomic mass is 35.5. The van der Waals surface area contributed by atoms with Crippen LogP contribution in [0.1, 0.15) is 25.3 Å². The molecule has 1 aliphatic heterocycles. The molecule has 116 valence electrons. The van der Waals surface area contributed by atoms with Gasteiger partial charge in [-0.2, -0.15) is 0 Å². The van der Waals surface area contributed by atoms with Crippen LogP contribution in [0.25, 0.3) is 10.8 Å². The van der Waals surface area contributed by atoms with E-state index in [2.05, 4.69) is 35.1 Å². The van der Waals surface area contributed by atoms with Crippen LogP contribution in [0.4, 0.5) is 0 Å². The Hall–Kier alpha value is -0.880. The lowest BCUT2D eigenvalue weighted by Gasteiger charge is -2.35. The molecule has 2 atom stereocenters. The highest BCUT2D eigenvalue weighted by Crippen LogP contribution is 2.26. The monoisotopic (exact) mass is 327 g/mol. The molecule has 2 aromatic rings. The van der Waals surface area contributed by atoms with Crippen molar-refractivity contribution in [1.82, 2.24) is 15.2 Å². The number of nitrogens with zero attached hydrogens (tertiary/aromatic N) is 2. The van der Waals surface area contributed by atoms with Crippen LogP contribution in [0.15, 0.2) is 21.9 Å². The molecule has 1 aliphatic rings. The third-order valence-electron chi connectivity index (χ3n) is 3.63. The summed E-state index contributed by atoms with van der Waals surface area (Å²) in [5.74, 6) is 1.69. The summed E-state index contributed by atoms with van der Waals surface area (Å²) in [7, 11) is 0. The summed E-state index contributed by atoms with van der Waals surface area (Å²) in [4.78, 5) is 8.23. The van der Waals surface area contributed by atoms with Crippen LogP contribution in [0.2, 0.25) is 0 Å². The van der Waals surface area contributed by atoms with Gasteiger partial charge in [-0.05, 0) is 32.2 Å². The third-order valence-corrected chi connectivity index (χ3v) is 4.49. The van der Waals surface area contributed by atoms with E-state index in [1.807, 2.05) is 18.4 Å². The van der Waals surface area contributed by atoms with E-state index in [0.717, 1.165) is 41.9 Å². The zero-order valence-electron chi connectivity index (χ0n) is 12.6. The van der Waals surface area contributed by atoms with E-state index < -0.39 is 0 Å². The number of nitrogens with one attached hydrogen (secondary N) is 1. The van der Waals surface area contributed by atoms with E-state index in [1.165, 1.54) is 0 Å². The molecule has 0 amide bonds. The fourth-order valence-corrected chi connectivity index (χ4v) is 3.51. The average molecular weight is 328 g/mol. The minimum absolute atomic E-state index is 0. The molecule has 2 unspecified atom stereocenters. The van der Waals surface area contributed by atoms with Crippen molar-refractivity contribution in [1.29, 1.82) is 0 Å². The second kappa shape index (κ2) is 6.92. The molecule has 4 nitrogen and oxygen atoms in total. The zero-order valence-corrected chi connectivity index (χ0v) is 14.3. The van der Waals surface area contributed by atoms with Crippen molar-refractivity contribution in [2.45, 2.75) is 39.4 Å². The van der Waals surface area contributed by atoms with Gasteiger partial charge in [-0.3, -0.25) is 4.90 Å². The lowest BCUT2D eigenvalue weighted by Crippen LogP contribution is -2.53. The fourth-order valence-electron chi connectivity index (χ4n) is 2.86. The number of rotatable bonds is 3. The Labute approximate surface area is 136 Å². The highest BCUT2D eigenvalue weighted by Gasteiger charge is 2.23. The van der Waals surface area contributed by atoms with E-state index in [4.69, 9.17) is 4.42 Å². The quantitative estimate of drug-likeness (QED) is 0.939. The van der Waals surface area contributed by atoms with Gasteiger partial charge in [0, 0.05) is 31.7 Å². The van der Waals surface area contributed by atoms with Crippen LogP contribution < -0.4 is 5.32 Å². The maximum atomic E-state index is 5.81. The minimum atomic E-state index is 0. The van der Waals surface area contributed by atoms with E-state index in [-0.39, 0.29) is 12.4 Å². The standard InChI is InChI=1S/C15H21N3OS.ClH/c1-10-7-18(8-11(2)16-10)9-13-12(3)19-15(17-13)14-5-4-6-20-14;/h4-6,10-11,16H,7-9H2,1-3H3;1H. The maximum absolute atomic E-state index is 5.81. The Morgan fingerprint density at radius 2 is 2.10 bits per heavy atom. The SMILES string of the molecule is Cc1oc(-c2cccs2)nc1CN1CC(C)NC(C)C1.Cl. The van der Waals surface area contributed by atoms with Gasteiger partial charge in [0.1, 0.15) is 5.76 Å². The Morgan fingerprint density at radius 1 is 1.38 bits per heavy atom. The lowest BCUT2D eigenvalue weighted by molar-refractivity contribution is 0.164. The average Bonchev–Trinajstić information content (AvgIpc) is 2.98. The Balaban J connectivity index is 0.00000161. The molecule has 3 heterocycles. The summed E-state index contributed by atoms with van der Waals surface area (Å²) < 4.78 is 5.81. The molecule has 21 heavy (non-hydrogen) atoms. The highest BCUT2D eigenvalue weighted by molar-refractivity contribution is 7.13. The van der Waals surface area contributed by atoms with Crippen LogP contribution in [-0.4, -0.2) is 35.1 Å². The first-order chi connectivity index (χ1) is 9.61. The molecule has 2 aromatic heterocycles. The summed E-state index contributed by atoms with van der Waals surface area (Å²) in [5.41, 5.74) is 1.06. The van der Waals surface area contributed by atoms with E-state index in [0.29, 0.717) is 12.1 Å². The van der Waals surface area contributed by atoms with Crippen molar-refractivity contribution in [3.05, 3.63) is 29.0 Å². The number of oxazole rings is 1. The summed E-state index contributed by atoms with van der Waals surface area (Å²) >= 11 is 1.67. The summed E-state index contributed by atoms with van der Waals surface area (Å²) in [5, 5.41) is 5.60. The molecule has 6 heteroatoms. The molecular weight excluding hydrogens is 306 g/mol. The summed E-state index contributed by atoms with van der Waals surface area (Å²) in [6, 6.07) is 5.14. The van der Waals surface area contributed by atoms with Crippen LogP contribution in [0.5, 0.6) is 0 Å². The fraction of sp³-hybridized carbons (Fsp3) is 0.533. The number of aryl methyl sites for hydroxylation is 1. The van der Waals surface area contributed by atoms with Gasteiger partial charge < -0.3 is 9.73 Å². The first-order valence-corrected chi connectivity index (χ1v) is 7.98. The Bertz CT molecular complexity index is 559. The Morgan fingerprint density at radius 3 is 2.71 bits per heavy atom. The van der Waals surface area contributed by atoms with Gasteiger partial charge in [0.15, 0.2) is 0 Å². The molecule has 1 fully saturated rings. The number of thiophene rings is 1. The van der Waals surface area contributed by atoms with Crippen LogP contribution in [0.3, 0.4) is 0 Å². The first kappa shape index (κ1) is 16.5. The van der Waals surface area contributed by atoms with Crippen molar-refractivity contribution in [3.63, 3.8) is 0 Å². The molecule has 0 radical (unpaired) electrons. The predicted molar refractivity (Wildman–Crippen MR) is 89.1 cm³/mol. The van der Waals surface area contributed by atoms with Gasteiger partial charge in [-0.15, -0.1) is 23.7 Å². The topological polar surface area (TPSA) is 41.3 Å². The Kier molecular flexibility index (Phi) is 5.43. The minimum Gasteiger partial charge on any atom is -0.440 e. The number of hydrogen-bond acceptors (Lipinski definition) is 5. The molecule has 0 bridgehead atoms. The molecule has 0 spiro atoms. The number of halogens is 1. The van der Waals surface area contributed by atoms with E-state index in [9.17, 15) is 0 Å². The molecule has 0 aliphatic carbocycles. The van der Waals surface area contributed by atoms with Gasteiger partial charge in [-0.25, -0.2) is 4.98 Å². The van der Waals surface area contributed by atoms with Crippen molar-refractivity contribution < 1.29 is 4.42 Å². The predicted octanol–water partition coefficient (Wildman–Crippen LogP) is 3.32. The maximum Gasteiger partial charge on any atom is 0.236 e. The third kappa shape index (κ3) is 3.86. The van der Waals surface area contributed by atoms with Gasteiger partial charge >= 0.3 is 0 Å². The van der Waals surface area contributed by atoms with Crippen LogP contribution in [-0.2, 0) is 6.54 Å². The van der Waals surface area contributed by atoms with Crippen molar-refractivity contribution >= 4 is 23.7 Å². The first-order valence-electron chi connectivity index (χ1n) is 7.10. The molecule has 1 saturated heterocycles. The van der Waals surface area contributed by atoms with Gasteiger partial charge in [0.25, 0.3) is 0 Å². The summed E-state index contributed by atoms with van der Waals surface area (Å²) in [6.45, 7) is 9.46. The van der Waals surface area contributed by atoms with Gasteiger partial charge in [0.05, 0.1) is 10.6 Å². The van der Waals surface area contributed by atoms with E-state index >= 15 is 0 Å². The number of aromatic nitrogens is 1. The van der Waals surface area contributed by atoms with Gasteiger partial charge in [-0.1, -0.05) is 6.07 Å². The van der Waals surface area contributed by atoms with Crippen molar-refractivity contribution in [2.75, 3.05) is 13.1 Å². The largest absolute Gasteiger partial charge is 0.440 e. The number of hydrogen-bond donors (Lipinski definition) is 1. The molecule has 3 rings (SSSR count). The number of piperazine rings is 1. The van der Waals surface area contributed by atoms with E-state index in [1.54, 1.807) is 11.3 Å². The van der Waals surface area contributed by atoms with Gasteiger partial charge in [0.2, 0.25) is 5.89 Å². The van der Waals surface area contributed by atoms with Crippen molar-refractivity contribution in [3.8, 4) is 10.8 Å².